The van der Waals surface area contributed by atoms with E-state index in [1.54, 1.807) is 50.6 Å². The molecule has 0 aromatic heterocycles. The van der Waals surface area contributed by atoms with E-state index in [1.807, 2.05) is 0 Å². The van der Waals surface area contributed by atoms with E-state index in [9.17, 15) is 19.8 Å². The van der Waals surface area contributed by atoms with Gasteiger partial charge in [-0.1, -0.05) is 60.7 Å². The monoisotopic (exact) mass is 502 g/mol. The summed E-state index contributed by atoms with van der Waals surface area (Å²) in [5, 5.41) is 23.9. The Balaban J connectivity index is 2.36. The van der Waals surface area contributed by atoms with Crippen molar-refractivity contribution in [2.75, 3.05) is 40.6 Å². The Morgan fingerprint density at radius 3 is 1.25 bits per heavy atom. The van der Waals surface area contributed by atoms with Gasteiger partial charge in [0.25, 0.3) is 0 Å². The van der Waals surface area contributed by atoms with Gasteiger partial charge in [-0.15, -0.1) is 0 Å². The van der Waals surface area contributed by atoms with Crippen LogP contribution in [0.25, 0.3) is 0 Å². The number of methoxy groups -OCH3 is 2. The standard InChI is InChI=1S/C28H38O8/c1-33-19-11-5-13-21-35-25(29)27(31,23-15-7-3-8-16-23)28(32,24-17-9-4-10-18-24)26(30)36-22-14-6-12-20-34-2/h3-4,7-10,15-18,31-32H,5-6,11-14,19-22H2,1-2H3. The molecular formula is C28H38O8. The molecule has 0 aliphatic carbocycles. The molecule has 198 valence electrons. The minimum atomic E-state index is -2.75. The molecule has 36 heavy (non-hydrogen) atoms. The number of aliphatic hydroxyl groups is 2. The van der Waals surface area contributed by atoms with Crippen molar-refractivity contribution in [1.29, 1.82) is 0 Å². The van der Waals surface area contributed by atoms with E-state index in [-0.39, 0.29) is 24.3 Å². The maximum absolute atomic E-state index is 13.4. The Morgan fingerprint density at radius 1 is 0.583 bits per heavy atom. The first-order valence-corrected chi connectivity index (χ1v) is 12.3. The van der Waals surface area contributed by atoms with E-state index < -0.39 is 23.1 Å². The van der Waals surface area contributed by atoms with E-state index in [0.29, 0.717) is 26.1 Å². The lowest BCUT2D eigenvalue weighted by atomic mass is 9.73. The van der Waals surface area contributed by atoms with Gasteiger partial charge in [-0.2, -0.15) is 0 Å². The summed E-state index contributed by atoms with van der Waals surface area (Å²) in [6, 6.07) is 15.7. The maximum atomic E-state index is 13.4. The quantitative estimate of drug-likeness (QED) is 0.250. The summed E-state index contributed by atoms with van der Waals surface area (Å²) in [6.45, 7) is 1.20. The van der Waals surface area contributed by atoms with Gasteiger partial charge in [0.15, 0.2) is 0 Å². The number of hydrogen-bond acceptors (Lipinski definition) is 8. The highest BCUT2D eigenvalue weighted by Gasteiger charge is 2.64. The lowest BCUT2D eigenvalue weighted by Gasteiger charge is -2.40. The molecule has 0 amide bonds. The van der Waals surface area contributed by atoms with Crippen molar-refractivity contribution < 1.29 is 38.7 Å². The third-order valence-corrected chi connectivity index (χ3v) is 5.95. The number of hydrogen-bond donors (Lipinski definition) is 2. The molecule has 2 aromatic carbocycles. The van der Waals surface area contributed by atoms with Crippen LogP contribution in [0.15, 0.2) is 60.7 Å². The second kappa shape index (κ2) is 15.4. The van der Waals surface area contributed by atoms with Crippen molar-refractivity contribution in [2.24, 2.45) is 0 Å². The summed E-state index contributed by atoms with van der Waals surface area (Å²) in [5.41, 5.74) is -5.49. The molecule has 0 aliphatic heterocycles. The Labute approximate surface area is 213 Å². The fourth-order valence-electron chi connectivity index (χ4n) is 3.90. The lowest BCUT2D eigenvalue weighted by Crippen LogP contribution is -2.60. The van der Waals surface area contributed by atoms with E-state index in [1.165, 1.54) is 24.3 Å². The molecule has 8 heteroatoms. The molecule has 0 bridgehead atoms. The van der Waals surface area contributed by atoms with E-state index >= 15 is 0 Å². The van der Waals surface area contributed by atoms with Crippen LogP contribution in [0.2, 0.25) is 0 Å². The molecule has 0 fully saturated rings. The summed E-state index contributed by atoms with van der Waals surface area (Å²) in [4.78, 5) is 26.9. The number of ether oxygens (including phenoxy) is 4. The van der Waals surface area contributed by atoms with Crippen LogP contribution in [-0.4, -0.2) is 62.8 Å². The highest BCUT2D eigenvalue weighted by Crippen LogP contribution is 2.43. The highest BCUT2D eigenvalue weighted by atomic mass is 16.6. The van der Waals surface area contributed by atoms with E-state index in [2.05, 4.69) is 0 Å². The van der Waals surface area contributed by atoms with Crippen molar-refractivity contribution in [1.82, 2.24) is 0 Å². The minimum absolute atomic E-state index is 0.0110. The van der Waals surface area contributed by atoms with Gasteiger partial charge in [0.05, 0.1) is 13.2 Å². The number of carbonyl (C=O) groups excluding carboxylic acids is 2. The first-order chi connectivity index (χ1) is 17.4. The Morgan fingerprint density at radius 2 is 0.917 bits per heavy atom. The van der Waals surface area contributed by atoms with Crippen LogP contribution in [0.5, 0.6) is 0 Å². The summed E-state index contributed by atoms with van der Waals surface area (Å²) in [6.07, 6.45) is 4.16. The zero-order valence-electron chi connectivity index (χ0n) is 21.2. The van der Waals surface area contributed by atoms with Gasteiger partial charge in [0.2, 0.25) is 11.2 Å². The zero-order chi connectivity index (χ0) is 26.3. The summed E-state index contributed by atoms with van der Waals surface area (Å²) in [5.74, 6) is -2.27. The SMILES string of the molecule is COCCCCCOC(=O)C(O)(c1ccccc1)C(O)(C(=O)OCCCCCOC)c1ccccc1. The van der Waals surface area contributed by atoms with Gasteiger partial charge in [-0.05, 0) is 49.7 Å². The number of unbranched alkanes of at least 4 members (excludes halogenated alkanes) is 4. The fourth-order valence-corrected chi connectivity index (χ4v) is 3.90. The highest BCUT2D eigenvalue weighted by molar-refractivity contribution is 5.94. The summed E-state index contributed by atoms with van der Waals surface area (Å²) < 4.78 is 20.9. The second-order valence-corrected chi connectivity index (χ2v) is 8.53. The first kappa shape index (κ1) is 29.5. The van der Waals surface area contributed by atoms with Crippen LogP contribution >= 0.6 is 0 Å². The molecule has 2 rings (SSSR count). The Bertz CT molecular complexity index is 829. The molecule has 2 atom stereocenters. The largest absolute Gasteiger partial charge is 0.463 e. The van der Waals surface area contributed by atoms with Gasteiger partial charge in [-0.25, -0.2) is 9.59 Å². The molecular weight excluding hydrogens is 464 g/mol. The average molecular weight is 503 g/mol. The molecule has 2 unspecified atom stereocenters. The molecule has 8 nitrogen and oxygen atoms in total. The third-order valence-electron chi connectivity index (χ3n) is 5.95. The molecule has 0 radical (unpaired) electrons. The Hall–Kier alpha value is -2.78. The molecule has 0 aliphatic rings. The van der Waals surface area contributed by atoms with Crippen molar-refractivity contribution in [3.63, 3.8) is 0 Å². The molecule has 2 N–H and O–H groups in total. The van der Waals surface area contributed by atoms with Crippen LogP contribution in [0.4, 0.5) is 0 Å². The summed E-state index contributed by atoms with van der Waals surface area (Å²) in [7, 11) is 3.23. The van der Waals surface area contributed by atoms with Gasteiger partial charge in [0.1, 0.15) is 0 Å². The molecule has 0 saturated heterocycles. The zero-order valence-corrected chi connectivity index (χ0v) is 21.2. The maximum Gasteiger partial charge on any atom is 0.347 e. The topological polar surface area (TPSA) is 112 Å². The van der Waals surface area contributed by atoms with Crippen LogP contribution in [0.3, 0.4) is 0 Å². The molecule has 2 aromatic rings. The van der Waals surface area contributed by atoms with Gasteiger partial charge in [-0.3, -0.25) is 0 Å². The number of rotatable bonds is 17. The Kier molecular flexibility index (Phi) is 12.6. The summed E-state index contributed by atoms with van der Waals surface area (Å²) >= 11 is 0. The number of carbonyl (C=O) groups is 2. The smallest absolute Gasteiger partial charge is 0.347 e. The lowest BCUT2D eigenvalue weighted by molar-refractivity contribution is -0.220. The van der Waals surface area contributed by atoms with E-state index in [0.717, 1.165) is 25.7 Å². The van der Waals surface area contributed by atoms with Crippen LogP contribution < -0.4 is 0 Å². The second-order valence-electron chi connectivity index (χ2n) is 8.53. The predicted molar refractivity (Wildman–Crippen MR) is 134 cm³/mol. The first-order valence-electron chi connectivity index (χ1n) is 12.3. The van der Waals surface area contributed by atoms with Crippen molar-refractivity contribution in [2.45, 2.75) is 49.7 Å². The van der Waals surface area contributed by atoms with Gasteiger partial charge in [0, 0.05) is 27.4 Å². The van der Waals surface area contributed by atoms with Crippen molar-refractivity contribution in [3.05, 3.63) is 71.8 Å². The number of benzene rings is 2. The minimum Gasteiger partial charge on any atom is -0.463 e. The molecule has 0 saturated carbocycles. The van der Waals surface area contributed by atoms with Crippen LogP contribution in [0, 0.1) is 0 Å². The fraction of sp³-hybridized carbons (Fsp3) is 0.500. The molecule has 0 spiro atoms. The third kappa shape index (κ3) is 7.36. The van der Waals surface area contributed by atoms with Gasteiger partial charge >= 0.3 is 11.9 Å². The normalized spacial score (nSPS) is 14.4. The average Bonchev–Trinajstić information content (AvgIpc) is 2.92. The van der Waals surface area contributed by atoms with Gasteiger partial charge < -0.3 is 29.2 Å². The van der Waals surface area contributed by atoms with Crippen molar-refractivity contribution in [3.8, 4) is 0 Å². The van der Waals surface area contributed by atoms with E-state index in [4.69, 9.17) is 18.9 Å². The molecule has 0 heterocycles. The predicted octanol–water partition coefficient (Wildman–Crippen LogP) is 3.48. The van der Waals surface area contributed by atoms with Crippen LogP contribution in [0.1, 0.15) is 49.7 Å². The number of esters is 2. The van der Waals surface area contributed by atoms with Crippen molar-refractivity contribution >= 4 is 11.9 Å². The van der Waals surface area contributed by atoms with Crippen LogP contribution in [-0.2, 0) is 39.7 Å².